The maximum absolute atomic E-state index is 13.2. The molecule has 1 aromatic carbocycles. The third kappa shape index (κ3) is 3.10. The quantitative estimate of drug-likeness (QED) is 0.665. The SMILES string of the molecule is Cn1ccn2c(CNC(=O)CC3(c4ccc(F)cc4)CNC3)nnc2c1=O. The molecule has 1 saturated heterocycles. The van der Waals surface area contributed by atoms with E-state index in [-0.39, 0.29) is 41.3 Å². The number of amides is 1. The number of carbonyl (C=O) groups is 1. The van der Waals surface area contributed by atoms with Crippen molar-refractivity contribution in [3.05, 3.63) is 64.2 Å². The van der Waals surface area contributed by atoms with Gasteiger partial charge in [0.15, 0.2) is 5.82 Å². The second kappa shape index (κ2) is 6.58. The van der Waals surface area contributed by atoms with Gasteiger partial charge in [0.05, 0.1) is 6.54 Å². The van der Waals surface area contributed by atoms with Gasteiger partial charge in [-0.3, -0.25) is 14.0 Å². The molecule has 1 amide bonds. The van der Waals surface area contributed by atoms with Crippen molar-refractivity contribution in [1.82, 2.24) is 29.8 Å². The third-order valence-corrected chi connectivity index (χ3v) is 5.04. The molecule has 3 aromatic rings. The number of fused-ring (bicyclic) bond motifs is 1. The summed E-state index contributed by atoms with van der Waals surface area (Å²) in [6, 6.07) is 6.28. The van der Waals surface area contributed by atoms with Crippen molar-refractivity contribution in [2.45, 2.75) is 18.4 Å². The first-order chi connectivity index (χ1) is 13.0. The topological polar surface area (TPSA) is 93.3 Å². The molecule has 2 N–H and O–H groups in total. The molecule has 3 heterocycles. The third-order valence-electron chi connectivity index (χ3n) is 5.04. The zero-order valence-corrected chi connectivity index (χ0v) is 14.8. The fourth-order valence-corrected chi connectivity index (χ4v) is 3.35. The first-order valence-electron chi connectivity index (χ1n) is 8.61. The second-order valence-electron chi connectivity index (χ2n) is 6.87. The number of halogens is 1. The highest BCUT2D eigenvalue weighted by atomic mass is 19.1. The lowest BCUT2D eigenvalue weighted by atomic mass is 9.72. The van der Waals surface area contributed by atoms with Gasteiger partial charge >= 0.3 is 0 Å². The van der Waals surface area contributed by atoms with Gasteiger partial charge < -0.3 is 15.2 Å². The highest BCUT2D eigenvalue weighted by molar-refractivity contribution is 5.78. The van der Waals surface area contributed by atoms with E-state index in [2.05, 4.69) is 20.8 Å². The van der Waals surface area contributed by atoms with E-state index in [0.29, 0.717) is 18.9 Å². The van der Waals surface area contributed by atoms with Crippen LogP contribution in [0.15, 0.2) is 41.5 Å². The normalized spacial score (nSPS) is 15.5. The summed E-state index contributed by atoms with van der Waals surface area (Å²) in [7, 11) is 1.64. The summed E-state index contributed by atoms with van der Waals surface area (Å²) in [5, 5.41) is 13.9. The van der Waals surface area contributed by atoms with E-state index in [0.717, 1.165) is 5.56 Å². The van der Waals surface area contributed by atoms with Crippen molar-refractivity contribution in [2.75, 3.05) is 13.1 Å². The minimum atomic E-state index is -0.333. The van der Waals surface area contributed by atoms with E-state index < -0.39 is 0 Å². The summed E-state index contributed by atoms with van der Waals surface area (Å²) in [4.78, 5) is 24.5. The number of aryl methyl sites for hydroxylation is 1. The van der Waals surface area contributed by atoms with Crippen LogP contribution in [0, 0.1) is 5.82 Å². The summed E-state index contributed by atoms with van der Waals surface area (Å²) in [6.07, 6.45) is 3.59. The number of carbonyl (C=O) groups excluding carboxylic acids is 1. The lowest BCUT2D eigenvalue weighted by Gasteiger charge is -2.42. The number of hydrogen-bond acceptors (Lipinski definition) is 5. The molecule has 1 aliphatic rings. The van der Waals surface area contributed by atoms with Crippen LogP contribution in [-0.2, 0) is 23.8 Å². The van der Waals surface area contributed by atoms with Gasteiger partial charge in [0, 0.05) is 44.4 Å². The van der Waals surface area contributed by atoms with E-state index in [4.69, 9.17) is 0 Å². The molecule has 27 heavy (non-hydrogen) atoms. The van der Waals surface area contributed by atoms with Crippen LogP contribution < -0.4 is 16.2 Å². The predicted octanol–water partition coefficient (Wildman–Crippen LogP) is 0.115. The number of benzene rings is 1. The molecule has 8 nitrogen and oxygen atoms in total. The lowest BCUT2D eigenvalue weighted by molar-refractivity contribution is -0.123. The Kier molecular flexibility index (Phi) is 4.23. The minimum Gasteiger partial charge on any atom is -0.349 e. The van der Waals surface area contributed by atoms with Crippen LogP contribution in [0.3, 0.4) is 0 Å². The molecule has 9 heteroatoms. The van der Waals surface area contributed by atoms with E-state index >= 15 is 0 Å². The molecule has 0 radical (unpaired) electrons. The van der Waals surface area contributed by atoms with Crippen LogP contribution in [-0.4, -0.2) is 38.2 Å². The van der Waals surface area contributed by atoms with Crippen LogP contribution >= 0.6 is 0 Å². The molecule has 0 bridgehead atoms. The first-order valence-corrected chi connectivity index (χ1v) is 8.61. The fraction of sp³-hybridized carbons (Fsp3) is 0.333. The van der Waals surface area contributed by atoms with Crippen LogP contribution in [0.25, 0.3) is 5.65 Å². The Bertz CT molecular complexity index is 1050. The average molecular weight is 370 g/mol. The molecule has 140 valence electrons. The van der Waals surface area contributed by atoms with Gasteiger partial charge in [-0.2, -0.15) is 0 Å². The number of nitrogens with one attached hydrogen (secondary N) is 2. The number of hydrogen-bond donors (Lipinski definition) is 2. The Morgan fingerprint density at radius 3 is 2.67 bits per heavy atom. The molecule has 0 atom stereocenters. The zero-order chi connectivity index (χ0) is 19.0. The number of rotatable bonds is 5. The van der Waals surface area contributed by atoms with Gasteiger partial charge in [0.25, 0.3) is 5.56 Å². The maximum Gasteiger partial charge on any atom is 0.295 e. The van der Waals surface area contributed by atoms with Crippen LogP contribution in [0.5, 0.6) is 0 Å². The second-order valence-corrected chi connectivity index (χ2v) is 6.87. The van der Waals surface area contributed by atoms with Crippen LogP contribution in [0.1, 0.15) is 17.8 Å². The molecule has 0 saturated carbocycles. The molecule has 0 aliphatic carbocycles. The van der Waals surface area contributed by atoms with Gasteiger partial charge in [0.2, 0.25) is 11.6 Å². The summed E-state index contributed by atoms with van der Waals surface area (Å²) in [6.45, 7) is 1.49. The molecular formula is C18H19FN6O2. The van der Waals surface area contributed by atoms with E-state index in [1.54, 1.807) is 36.0 Å². The molecule has 1 aliphatic heterocycles. The van der Waals surface area contributed by atoms with Crippen molar-refractivity contribution in [1.29, 1.82) is 0 Å². The van der Waals surface area contributed by atoms with Crippen molar-refractivity contribution in [2.24, 2.45) is 7.05 Å². The van der Waals surface area contributed by atoms with Crippen LogP contribution in [0.4, 0.5) is 4.39 Å². The van der Waals surface area contributed by atoms with Gasteiger partial charge in [-0.25, -0.2) is 4.39 Å². The lowest BCUT2D eigenvalue weighted by Crippen LogP contribution is -2.58. The van der Waals surface area contributed by atoms with Crippen molar-refractivity contribution < 1.29 is 9.18 Å². The molecule has 4 rings (SSSR count). The van der Waals surface area contributed by atoms with Gasteiger partial charge in [-0.1, -0.05) is 12.1 Å². The highest BCUT2D eigenvalue weighted by Crippen LogP contribution is 2.32. The van der Waals surface area contributed by atoms with E-state index in [1.165, 1.54) is 16.7 Å². The predicted molar refractivity (Wildman–Crippen MR) is 95.6 cm³/mol. The molecule has 2 aromatic heterocycles. The summed E-state index contributed by atoms with van der Waals surface area (Å²) < 4.78 is 16.2. The molecule has 1 fully saturated rings. The van der Waals surface area contributed by atoms with E-state index in [9.17, 15) is 14.0 Å². The fourth-order valence-electron chi connectivity index (χ4n) is 3.35. The Hall–Kier alpha value is -3.07. The summed E-state index contributed by atoms with van der Waals surface area (Å²) in [5.74, 6) is 0.0514. The Morgan fingerprint density at radius 2 is 2.00 bits per heavy atom. The smallest absolute Gasteiger partial charge is 0.295 e. The molecular weight excluding hydrogens is 351 g/mol. The van der Waals surface area contributed by atoms with Crippen molar-refractivity contribution in [3.63, 3.8) is 0 Å². The monoisotopic (exact) mass is 370 g/mol. The average Bonchev–Trinajstić information content (AvgIpc) is 3.04. The highest BCUT2D eigenvalue weighted by Gasteiger charge is 2.40. The zero-order valence-electron chi connectivity index (χ0n) is 14.8. The first kappa shape index (κ1) is 17.3. The molecule has 0 spiro atoms. The van der Waals surface area contributed by atoms with E-state index in [1.807, 2.05) is 0 Å². The van der Waals surface area contributed by atoms with Crippen molar-refractivity contribution in [3.8, 4) is 0 Å². The van der Waals surface area contributed by atoms with Gasteiger partial charge in [0.1, 0.15) is 5.82 Å². The Morgan fingerprint density at radius 1 is 1.26 bits per heavy atom. The summed E-state index contributed by atoms with van der Waals surface area (Å²) in [5.41, 5.74) is 0.573. The largest absolute Gasteiger partial charge is 0.349 e. The minimum absolute atomic E-state index is 0.138. The standard InChI is InChI=1S/C18H19FN6O2/c1-24-6-7-25-14(22-23-16(25)17(24)27)9-21-15(26)8-18(10-20-11-18)12-2-4-13(19)5-3-12/h2-7,20H,8-11H2,1H3,(H,21,26). The Labute approximate surface area is 154 Å². The molecule has 0 unspecified atom stereocenters. The maximum atomic E-state index is 13.2. The van der Waals surface area contributed by atoms with Crippen LogP contribution in [0.2, 0.25) is 0 Å². The number of nitrogens with zero attached hydrogens (tertiary/aromatic N) is 4. The van der Waals surface area contributed by atoms with Gasteiger partial charge in [-0.15, -0.1) is 10.2 Å². The van der Waals surface area contributed by atoms with Gasteiger partial charge in [-0.05, 0) is 17.7 Å². The van der Waals surface area contributed by atoms with Crippen molar-refractivity contribution >= 4 is 11.6 Å². The Balaban J connectivity index is 1.46. The summed E-state index contributed by atoms with van der Waals surface area (Å²) >= 11 is 0. The number of aromatic nitrogens is 4.